The monoisotopic (exact) mass is 353 g/mol. The van der Waals surface area contributed by atoms with Crippen LogP contribution in [0.4, 0.5) is 5.69 Å². The molecule has 2 rings (SSSR count). The van der Waals surface area contributed by atoms with Crippen molar-refractivity contribution in [1.29, 1.82) is 0 Å². The summed E-state index contributed by atoms with van der Waals surface area (Å²) in [6, 6.07) is 12.9. The van der Waals surface area contributed by atoms with Crippen LogP contribution in [0.25, 0.3) is 0 Å². The fourth-order valence-electron chi connectivity index (χ4n) is 2.44. The maximum atomic E-state index is 12.2. The molecule has 1 N–H and O–H groups in total. The highest BCUT2D eigenvalue weighted by atomic mass is 16.5. The number of ether oxygens (including phenoxy) is 1. The predicted octanol–water partition coefficient (Wildman–Crippen LogP) is 3.76. The summed E-state index contributed by atoms with van der Waals surface area (Å²) in [6.07, 6.45) is 0.00668. The lowest BCUT2D eigenvalue weighted by Gasteiger charge is -2.08. The predicted molar refractivity (Wildman–Crippen MR) is 100 cm³/mol. The zero-order valence-electron chi connectivity index (χ0n) is 15.3. The molecule has 5 heteroatoms. The summed E-state index contributed by atoms with van der Waals surface area (Å²) in [5.74, 6) is -1.09. The van der Waals surface area contributed by atoms with E-state index in [1.54, 1.807) is 12.1 Å². The third-order valence-corrected chi connectivity index (χ3v) is 3.95. The molecule has 0 radical (unpaired) electrons. The highest BCUT2D eigenvalue weighted by molar-refractivity contribution is 5.99. The van der Waals surface area contributed by atoms with Crippen LogP contribution in [-0.4, -0.2) is 24.3 Å². The van der Waals surface area contributed by atoms with Gasteiger partial charge < -0.3 is 10.1 Å². The van der Waals surface area contributed by atoms with Crippen molar-refractivity contribution >= 4 is 23.3 Å². The number of ketones is 1. The van der Waals surface area contributed by atoms with Gasteiger partial charge in [-0.25, -0.2) is 0 Å². The van der Waals surface area contributed by atoms with Gasteiger partial charge in [-0.15, -0.1) is 0 Å². The van der Waals surface area contributed by atoms with Crippen LogP contribution in [0.2, 0.25) is 0 Å². The molecule has 0 saturated carbocycles. The molecule has 2 aromatic rings. The minimum Gasteiger partial charge on any atom is -0.456 e. The molecule has 0 aliphatic carbocycles. The molecule has 0 aromatic heterocycles. The van der Waals surface area contributed by atoms with Gasteiger partial charge in [-0.2, -0.15) is 0 Å². The number of hydrogen-bond acceptors (Lipinski definition) is 4. The van der Waals surface area contributed by atoms with Crippen molar-refractivity contribution in [1.82, 2.24) is 0 Å². The van der Waals surface area contributed by atoms with Gasteiger partial charge in [-0.05, 0) is 44.5 Å². The summed E-state index contributed by atoms with van der Waals surface area (Å²) in [4.78, 5) is 35.8. The smallest absolute Gasteiger partial charge is 0.306 e. The van der Waals surface area contributed by atoms with Gasteiger partial charge in [0.05, 0.1) is 6.42 Å². The van der Waals surface area contributed by atoms with Gasteiger partial charge in [0.2, 0.25) is 0 Å². The number of anilines is 1. The lowest BCUT2D eigenvalue weighted by molar-refractivity contribution is -0.147. The fourth-order valence-corrected chi connectivity index (χ4v) is 2.44. The molecule has 136 valence electrons. The second-order valence-corrected chi connectivity index (χ2v) is 6.32. The van der Waals surface area contributed by atoms with Gasteiger partial charge in [0.15, 0.2) is 12.4 Å². The SMILES string of the molecule is Cc1ccc(NC(=O)COC(=O)CCC(=O)c2cc(C)ccc2C)cc1. The van der Waals surface area contributed by atoms with Crippen molar-refractivity contribution in [3.05, 3.63) is 64.7 Å². The van der Waals surface area contributed by atoms with E-state index in [1.165, 1.54) is 0 Å². The first-order valence-corrected chi connectivity index (χ1v) is 8.48. The number of nitrogens with one attached hydrogen (secondary N) is 1. The average molecular weight is 353 g/mol. The van der Waals surface area contributed by atoms with E-state index < -0.39 is 11.9 Å². The molecule has 5 nitrogen and oxygen atoms in total. The molecule has 0 aliphatic heterocycles. The number of carbonyl (C=O) groups is 3. The normalized spacial score (nSPS) is 10.3. The summed E-state index contributed by atoms with van der Waals surface area (Å²) >= 11 is 0. The molecule has 0 spiro atoms. The van der Waals surface area contributed by atoms with Crippen LogP contribution in [0.3, 0.4) is 0 Å². The van der Waals surface area contributed by atoms with Gasteiger partial charge in [0, 0.05) is 17.7 Å². The van der Waals surface area contributed by atoms with E-state index in [9.17, 15) is 14.4 Å². The molecule has 0 heterocycles. The van der Waals surface area contributed by atoms with Crippen LogP contribution in [0, 0.1) is 20.8 Å². The Morgan fingerprint density at radius 3 is 2.23 bits per heavy atom. The van der Waals surface area contributed by atoms with E-state index in [0.717, 1.165) is 16.7 Å². The quantitative estimate of drug-likeness (QED) is 0.608. The van der Waals surface area contributed by atoms with E-state index in [-0.39, 0.29) is 25.2 Å². The summed E-state index contributed by atoms with van der Waals surface area (Å²) in [6.45, 7) is 5.36. The summed E-state index contributed by atoms with van der Waals surface area (Å²) in [5.41, 5.74) is 4.22. The highest BCUT2D eigenvalue weighted by Crippen LogP contribution is 2.14. The van der Waals surface area contributed by atoms with Crippen molar-refractivity contribution in [3.8, 4) is 0 Å². The molecule has 0 fully saturated rings. The number of benzene rings is 2. The molecule has 0 aliphatic rings. The number of rotatable bonds is 7. The van der Waals surface area contributed by atoms with Crippen molar-refractivity contribution in [2.75, 3.05) is 11.9 Å². The summed E-state index contributed by atoms with van der Waals surface area (Å²) < 4.78 is 4.94. The first-order chi connectivity index (χ1) is 12.3. The lowest BCUT2D eigenvalue weighted by Crippen LogP contribution is -2.21. The van der Waals surface area contributed by atoms with Gasteiger partial charge in [0.25, 0.3) is 5.91 Å². The molecule has 0 bridgehead atoms. The Morgan fingerprint density at radius 2 is 1.54 bits per heavy atom. The molecular formula is C21H23NO4. The molecule has 2 aromatic carbocycles. The number of carbonyl (C=O) groups excluding carboxylic acids is 3. The van der Waals surface area contributed by atoms with Crippen LogP contribution in [0.15, 0.2) is 42.5 Å². The van der Waals surface area contributed by atoms with Crippen LogP contribution in [-0.2, 0) is 14.3 Å². The van der Waals surface area contributed by atoms with Crippen LogP contribution in [0.5, 0.6) is 0 Å². The second kappa shape index (κ2) is 8.94. The second-order valence-electron chi connectivity index (χ2n) is 6.32. The maximum Gasteiger partial charge on any atom is 0.306 e. The highest BCUT2D eigenvalue weighted by Gasteiger charge is 2.13. The molecule has 1 amide bonds. The Kier molecular flexibility index (Phi) is 6.67. The van der Waals surface area contributed by atoms with Crippen LogP contribution in [0.1, 0.15) is 39.9 Å². The number of esters is 1. The number of hydrogen-bond donors (Lipinski definition) is 1. The molecular weight excluding hydrogens is 330 g/mol. The number of amides is 1. The van der Waals surface area contributed by atoms with Gasteiger partial charge in [-0.1, -0.05) is 35.4 Å². The van der Waals surface area contributed by atoms with E-state index in [2.05, 4.69) is 5.32 Å². The Bertz CT molecular complexity index is 809. The van der Waals surface area contributed by atoms with Crippen LogP contribution < -0.4 is 5.32 Å². The zero-order chi connectivity index (χ0) is 19.1. The van der Waals surface area contributed by atoms with E-state index in [1.807, 2.05) is 51.1 Å². The molecule has 0 unspecified atom stereocenters. The fraction of sp³-hybridized carbons (Fsp3) is 0.286. The minimum atomic E-state index is -0.567. The Balaban J connectivity index is 1.76. The lowest BCUT2D eigenvalue weighted by atomic mass is 9.99. The minimum absolute atomic E-state index is 0.0516. The third-order valence-electron chi connectivity index (χ3n) is 3.95. The molecule has 0 atom stereocenters. The Morgan fingerprint density at radius 1 is 0.885 bits per heavy atom. The van der Waals surface area contributed by atoms with Crippen LogP contribution >= 0.6 is 0 Å². The summed E-state index contributed by atoms with van der Waals surface area (Å²) in [7, 11) is 0. The third kappa shape index (κ3) is 5.84. The number of aryl methyl sites for hydroxylation is 3. The van der Waals surface area contributed by atoms with Crippen molar-refractivity contribution < 1.29 is 19.1 Å². The van der Waals surface area contributed by atoms with Crippen molar-refractivity contribution in [2.24, 2.45) is 0 Å². The average Bonchev–Trinajstić information content (AvgIpc) is 2.62. The maximum absolute atomic E-state index is 12.2. The standard InChI is InChI=1S/C21H23NO4/c1-14-5-8-17(9-6-14)22-20(24)13-26-21(25)11-10-19(23)18-12-15(2)4-7-16(18)3/h4-9,12H,10-11,13H2,1-3H3,(H,22,24). The first-order valence-electron chi connectivity index (χ1n) is 8.48. The van der Waals surface area contributed by atoms with Gasteiger partial charge >= 0.3 is 5.97 Å². The Hall–Kier alpha value is -2.95. The van der Waals surface area contributed by atoms with E-state index in [0.29, 0.717) is 11.3 Å². The largest absolute Gasteiger partial charge is 0.456 e. The van der Waals surface area contributed by atoms with Crippen molar-refractivity contribution in [2.45, 2.75) is 33.6 Å². The molecule has 0 saturated heterocycles. The topological polar surface area (TPSA) is 72.5 Å². The van der Waals surface area contributed by atoms with Gasteiger partial charge in [-0.3, -0.25) is 14.4 Å². The first kappa shape index (κ1) is 19.4. The van der Waals surface area contributed by atoms with Gasteiger partial charge in [0.1, 0.15) is 0 Å². The van der Waals surface area contributed by atoms with E-state index >= 15 is 0 Å². The zero-order valence-corrected chi connectivity index (χ0v) is 15.3. The van der Waals surface area contributed by atoms with Crippen molar-refractivity contribution in [3.63, 3.8) is 0 Å². The number of Topliss-reactive ketones (excluding diaryl/α,β-unsaturated/α-hetero) is 1. The Labute approximate surface area is 153 Å². The summed E-state index contributed by atoms with van der Waals surface area (Å²) in [5, 5.41) is 2.65. The van der Waals surface area contributed by atoms with E-state index in [4.69, 9.17) is 4.74 Å². The molecule has 26 heavy (non-hydrogen) atoms.